The maximum Gasteiger partial charge on any atom is 0.185 e. The number of halogens is 2. The van der Waals surface area contributed by atoms with E-state index in [0.717, 1.165) is 18.9 Å². The molecule has 0 aliphatic rings. The van der Waals surface area contributed by atoms with Gasteiger partial charge in [0.2, 0.25) is 0 Å². The summed E-state index contributed by atoms with van der Waals surface area (Å²) < 4.78 is 28.8. The van der Waals surface area contributed by atoms with Crippen molar-refractivity contribution in [3.63, 3.8) is 0 Å². The van der Waals surface area contributed by atoms with Crippen LogP contribution in [-0.2, 0) is 0 Å². The summed E-state index contributed by atoms with van der Waals surface area (Å²) in [4.78, 5) is 0. The first-order valence-corrected chi connectivity index (χ1v) is 7.02. The van der Waals surface area contributed by atoms with Gasteiger partial charge in [0.15, 0.2) is 5.82 Å². The number of tetrazole rings is 1. The summed E-state index contributed by atoms with van der Waals surface area (Å²) in [6, 6.07) is 1.99. The Balaban J connectivity index is 2.48. The van der Waals surface area contributed by atoms with Crippen molar-refractivity contribution < 1.29 is 8.78 Å². The Bertz CT molecular complexity index is 622. The smallest absolute Gasteiger partial charge is 0.185 e. The third-order valence-corrected chi connectivity index (χ3v) is 3.94. The van der Waals surface area contributed by atoms with Gasteiger partial charge in [-0.1, -0.05) is 26.7 Å². The standard InChI is InChI=1S/C14H19F2N5/c1-4-9(5-2)8(3)21-14(18-19-20-21)10-6-13(17)12(16)7-11(10)15/h6-9H,4-5,17H2,1-3H3. The maximum absolute atomic E-state index is 14.0. The highest BCUT2D eigenvalue weighted by Crippen LogP contribution is 2.30. The van der Waals surface area contributed by atoms with Crippen LogP contribution in [0.3, 0.4) is 0 Å². The predicted octanol–water partition coefficient (Wildman–Crippen LogP) is 3.20. The molecule has 0 radical (unpaired) electrons. The minimum atomic E-state index is -0.789. The maximum atomic E-state index is 14.0. The fourth-order valence-electron chi connectivity index (χ4n) is 2.55. The Morgan fingerprint density at radius 1 is 1.19 bits per heavy atom. The van der Waals surface area contributed by atoms with Crippen molar-refractivity contribution >= 4 is 5.69 Å². The summed E-state index contributed by atoms with van der Waals surface area (Å²) in [6.07, 6.45) is 1.93. The molecular formula is C14H19F2N5. The number of rotatable bonds is 5. The van der Waals surface area contributed by atoms with Gasteiger partial charge >= 0.3 is 0 Å². The van der Waals surface area contributed by atoms with Crippen molar-refractivity contribution in [1.82, 2.24) is 20.2 Å². The largest absolute Gasteiger partial charge is 0.396 e. The number of aromatic nitrogens is 4. The van der Waals surface area contributed by atoms with Crippen LogP contribution in [0.25, 0.3) is 11.4 Å². The minimum absolute atomic E-state index is 0.00989. The average molecular weight is 295 g/mol. The molecule has 0 aliphatic heterocycles. The predicted molar refractivity (Wildman–Crippen MR) is 76.4 cm³/mol. The summed E-state index contributed by atoms with van der Waals surface area (Å²) in [5.41, 5.74) is 5.49. The van der Waals surface area contributed by atoms with Crippen molar-refractivity contribution in [3.05, 3.63) is 23.8 Å². The second kappa shape index (κ2) is 6.15. The lowest BCUT2D eigenvalue weighted by atomic mass is 9.95. The highest BCUT2D eigenvalue weighted by Gasteiger charge is 2.23. The van der Waals surface area contributed by atoms with E-state index in [9.17, 15) is 8.78 Å². The first-order chi connectivity index (χ1) is 9.99. The Morgan fingerprint density at radius 2 is 1.86 bits per heavy atom. The molecule has 2 N–H and O–H groups in total. The Hall–Kier alpha value is -2.05. The van der Waals surface area contributed by atoms with E-state index in [1.807, 2.05) is 6.92 Å². The minimum Gasteiger partial charge on any atom is -0.396 e. The third kappa shape index (κ3) is 2.86. The number of benzene rings is 1. The van der Waals surface area contributed by atoms with Gasteiger partial charge in [-0.15, -0.1) is 5.10 Å². The van der Waals surface area contributed by atoms with Crippen LogP contribution in [-0.4, -0.2) is 20.2 Å². The van der Waals surface area contributed by atoms with Gasteiger partial charge in [0.25, 0.3) is 0 Å². The SMILES string of the molecule is CCC(CC)C(C)n1nnnc1-c1cc(N)c(F)cc1F. The Morgan fingerprint density at radius 3 is 2.48 bits per heavy atom. The molecule has 7 heteroatoms. The van der Waals surface area contributed by atoms with Gasteiger partial charge in [-0.05, 0) is 29.3 Å². The number of nitrogens with zero attached hydrogens (tertiary/aromatic N) is 4. The van der Waals surface area contributed by atoms with Gasteiger partial charge in [0.1, 0.15) is 11.6 Å². The van der Waals surface area contributed by atoms with Crippen molar-refractivity contribution in [2.75, 3.05) is 5.73 Å². The normalized spacial score (nSPS) is 12.9. The van der Waals surface area contributed by atoms with E-state index in [4.69, 9.17) is 5.73 Å². The van der Waals surface area contributed by atoms with Gasteiger partial charge in [0.05, 0.1) is 17.3 Å². The van der Waals surface area contributed by atoms with E-state index in [2.05, 4.69) is 29.4 Å². The molecule has 1 aromatic heterocycles. The summed E-state index contributed by atoms with van der Waals surface area (Å²) in [5, 5.41) is 11.5. The first kappa shape index (κ1) is 15.3. The molecule has 5 nitrogen and oxygen atoms in total. The summed E-state index contributed by atoms with van der Waals surface area (Å²) >= 11 is 0. The quantitative estimate of drug-likeness (QED) is 0.860. The number of nitrogen functional groups attached to an aromatic ring is 1. The van der Waals surface area contributed by atoms with Crippen LogP contribution in [0, 0.1) is 17.6 Å². The zero-order chi connectivity index (χ0) is 15.6. The van der Waals surface area contributed by atoms with Crippen molar-refractivity contribution in [2.45, 2.75) is 39.7 Å². The van der Waals surface area contributed by atoms with Crippen LogP contribution in [0.4, 0.5) is 14.5 Å². The molecule has 0 fully saturated rings. The van der Waals surface area contributed by atoms with E-state index >= 15 is 0 Å². The first-order valence-electron chi connectivity index (χ1n) is 7.02. The van der Waals surface area contributed by atoms with Crippen molar-refractivity contribution in [2.24, 2.45) is 5.92 Å². The van der Waals surface area contributed by atoms with Gasteiger partial charge in [0, 0.05) is 6.07 Å². The monoisotopic (exact) mass is 295 g/mol. The van der Waals surface area contributed by atoms with E-state index in [1.165, 1.54) is 6.07 Å². The van der Waals surface area contributed by atoms with Crippen LogP contribution in [0.15, 0.2) is 12.1 Å². The fourth-order valence-corrected chi connectivity index (χ4v) is 2.55. The van der Waals surface area contributed by atoms with Crippen LogP contribution in [0.2, 0.25) is 0 Å². The average Bonchev–Trinajstić information content (AvgIpc) is 2.93. The number of anilines is 1. The number of hydrogen-bond donors (Lipinski definition) is 1. The number of hydrogen-bond acceptors (Lipinski definition) is 4. The van der Waals surface area contributed by atoms with E-state index in [0.29, 0.717) is 5.92 Å². The molecule has 0 amide bonds. The van der Waals surface area contributed by atoms with Crippen LogP contribution < -0.4 is 5.73 Å². The van der Waals surface area contributed by atoms with Crippen molar-refractivity contribution in [1.29, 1.82) is 0 Å². The lowest BCUT2D eigenvalue weighted by molar-refractivity contribution is 0.308. The highest BCUT2D eigenvalue weighted by molar-refractivity contribution is 5.62. The zero-order valence-corrected chi connectivity index (χ0v) is 12.3. The van der Waals surface area contributed by atoms with Gasteiger partial charge in [-0.3, -0.25) is 0 Å². The summed E-state index contributed by atoms with van der Waals surface area (Å²) in [5.74, 6) is -0.885. The molecule has 1 unspecified atom stereocenters. The molecule has 2 aromatic rings. The lowest BCUT2D eigenvalue weighted by Gasteiger charge is -2.22. The Labute approximate surface area is 122 Å². The highest BCUT2D eigenvalue weighted by atomic mass is 19.1. The van der Waals surface area contributed by atoms with E-state index < -0.39 is 11.6 Å². The van der Waals surface area contributed by atoms with Gasteiger partial charge < -0.3 is 5.73 Å². The Kier molecular flexibility index (Phi) is 4.50. The van der Waals surface area contributed by atoms with Crippen LogP contribution >= 0.6 is 0 Å². The fraction of sp³-hybridized carbons (Fsp3) is 0.500. The lowest BCUT2D eigenvalue weighted by Crippen LogP contribution is -2.18. The molecular weight excluding hydrogens is 276 g/mol. The molecule has 0 bridgehead atoms. The molecule has 1 aromatic carbocycles. The molecule has 1 atom stereocenters. The number of nitrogens with two attached hydrogens (primary N) is 1. The molecule has 0 saturated carbocycles. The topological polar surface area (TPSA) is 69.6 Å². The van der Waals surface area contributed by atoms with Gasteiger partial charge in [-0.2, -0.15) is 0 Å². The second-order valence-corrected chi connectivity index (χ2v) is 5.12. The molecule has 0 saturated heterocycles. The second-order valence-electron chi connectivity index (χ2n) is 5.12. The zero-order valence-electron chi connectivity index (χ0n) is 12.3. The van der Waals surface area contributed by atoms with Crippen LogP contribution in [0.1, 0.15) is 39.7 Å². The van der Waals surface area contributed by atoms with E-state index in [1.54, 1.807) is 4.68 Å². The van der Waals surface area contributed by atoms with Crippen molar-refractivity contribution in [3.8, 4) is 11.4 Å². The molecule has 0 spiro atoms. The van der Waals surface area contributed by atoms with Gasteiger partial charge in [-0.25, -0.2) is 13.5 Å². The molecule has 21 heavy (non-hydrogen) atoms. The summed E-state index contributed by atoms with van der Waals surface area (Å²) in [6.45, 7) is 6.17. The third-order valence-electron chi connectivity index (χ3n) is 3.94. The molecule has 0 aliphatic carbocycles. The molecule has 2 rings (SSSR count). The molecule has 114 valence electrons. The van der Waals surface area contributed by atoms with Crippen LogP contribution in [0.5, 0.6) is 0 Å². The van der Waals surface area contributed by atoms with E-state index in [-0.39, 0.29) is 23.1 Å². The summed E-state index contributed by atoms with van der Waals surface area (Å²) in [7, 11) is 0. The molecule has 1 heterocycles.